The highest BCUT2D eigenvalue weighted by molar-refractivity contribution is 5.86. The van der Waals surface area contributed by atoms with Gasteiger partial charge in [0.15, 0.2) is 0 Å². The van der Waals surface area contributed by atoms with Gasteiger partial charge in [0.25, 0.3) is 0 Å². The first kappa shape index (κ1) is 22.5. The van der Waals surface area contributed by atoms with E-state index in [9.17, 15) is 4.79 Å². The van der Waals surface area contributed by atoms with Crippen molar-refractivity contribution in [3.63, 3.8) is 0 Å². The zero-order chi connectivity index (χ0) is 23.4. The molecule has 1 N–H and O–H groups in total. The third-order valence-electron chi connectivity index (χ3n) is 5.44. The molecule has 0 fully saturated rings. The van der Waals surface area contributed by atoms with Crippen LogP contribution < -0.4 is 10.1 Å². The van der Waals surface area contributed by atoms with E-state index in [0.717, 1.165) is 34.3 Å². The number of nitrogens with one attached hydrogen (secondary N) is 1. The Morgan fingerprint density at radius 2 is 1.61 bits per heavy atom. The maximum atomic E-state index is 12.8. The summed E-state index contributed by atoms with van der Waals surface area (Å²) in [5.41, 5.74) is 3.70. The van der Waals surface area contributed by atoms with Crippen LogP contribution in [0.15, 0.2) is 85.1 Å². The van der Waals surface area contributed by atoms with Crippen LogP contribution in [0.3, 0.4) is 0 Å². The Balaban J connectivity index is 1.78. The van der Waals surface area contributed by atoms with E-state index in [0.29, 0.717) is 0 Å². The first-order chi connectivity index (χ1) is 15.8. The van der Waals surface area contributed by atoms with Gasteiger partial charge < -0.3 is 19.4 Å². The third-order valence-corrected chi connectivity index (χ3v) is 5.44. The number of fused-ring (bicyclic) bond motifs is 1. The molecule has 5 heteroatoms. The number of rotatable bonds is 6. The number of alkyl carbamates (subject to hydrolysis) is 1. The molecule has 1 aromatic heterocycles. The predicted octanol–water partition coefficient (Wildman–Crippen LogP) is 6.31. The zero-order valence-electron chi connectivity index (χ0n) is 19.5. The van der Waals surface area contributed by atoms with Gasteiger partial charge >= 0.3 is 6.09 Å². The van der Waals surface area contributed by atoms with Gasteiger partial charge in [-0.2, -0.15) is 0 Å². The maximum Gasteiger partial charge on any atom is 0.408 e. The van der Waals surface area contributed by atoms with Crippen LogP contribution >= 0.6 is 0 Å². The summed E-state index contributed by atoms with van der Waals surface area (Å²) in [5, 5.41) is 4.19. The number of hydrogen-bond acceptors (Lipinski definition) is 3. The summed E-state index contributed by atoms with van der Waals surface area (Å²) in [5.74, 6) is 0.765. The summed E-state index contributed by atoms with van der Waals surface area (Å²) in [6.45, 7) is 6.32. The minimum atomic E-state index is -0.587. The maximum absolute atomic E-state index is 12.8. The molecule has 1 heterocycles. The lowest BCUT2D eigenvalue weighted by molar-refractivity contribution is 0.0512. The number of benzene rings is 3. The Kier molecular flexibility index (Phi) is 6.40. The molecular weight excluding hydrogens is 412 g/mol. The highest BCUT2D eigenvalue weighted by atomic mass is 16.6. The molecule has 0 saturated heterocycles. The largest absolute Gasteiger partial charge is 0.497 e. The first-order valence-corrected chi connectivity index (χ1v) is 11.1. The normalized spacial score (nSPS) is 12.4. The van der Waals surface area contributed by atoms with Crippen molar-refractivity contribution in [3.05, 3.63) is 102 Å². The van der Waals surface area contributed by atoms with Gasteiger partial charge in [-0.1, -0.05) is 60.7 Å². The van der Waals surface area contributed by atoms with Crippen molar-refractivity contribution in [1.82, 2.24) is 9.88 Å². The second-order valence-corrected chi connectivity index (χ2v) is 9.07. The Morgan fingerprint density at radius 3 is 2.27 bits per heavy atom. The van der Waals surface area contributed by atoms with Crippen molar-refractivity contribution in [2.45, 2.75) is 39.0 Å². The lowest BCUT2D eigenvalue weighted by Gasteiger charge is -2.24. The van der Waals surface area contributed by atoms with Gasteiger partial charge in [0.1, 0.15) is 11.4 Å². The van der Waals surface area contributed by atoms with Crippen LogP contribution in [0.4, 0.5) is 4.79 Å². The molecule has 3 aromatic carbocycles. The average molecular weight is 443 g/mol. The van der Waals surface area contributed by atoms with Crippen LogP contribution in [-0.2, 0) is 11.3 Å². The summed E-state index contributed by atoms with van der Waals surface area (Å²) in [4.78, 5) is 12.8. The molecule has 0 saturated carbocycles. The molecule has 0 radical (unpaired) electrons. The highest BCUT2D eigenvalue weighted by Crippen LogP contribution is 2.32. The molecule has 0 spiro atoms. The van der Waals surface area contributed by atoms with Gasteiger partial charge in [0.05, 0.1) is 13.2 Å². The van der Waals surface area contributed by atoms with E-state index in [1.165, 1.54) is 5.56 Å². The minimum Gasteiger partial charge on any atom is -0.497 e. The van der Waals surface area contributed by atoms with Gasteiger partial charge in [0.2, 0.25) is 0 Å². The van der Waals surface area contributed by atoms with E-state index in [1.807, 2.05) is 75.4 Å². The fourth-order valence-corrected chi connectivity index (χ4v) is 3.98. The van der Waals surface area contributed by atoms with Gasteiger partial charge in [-0.05, 0) is 50.1 Å². The summed E-state index contributed by atoms with van der Waals surface area (Å²) in [6.07, 6.45) is 1.67. The standard InChI is InChI=1S/C28H30N2O3/c1-28(2,3)33-27(31)29-26(21-14-16-22(32-4)17-15-21)24-19-30(18-20-10-6-5-7-11-20)25-13-9-8-12-23(24)25/h5-17,19,26H,18H2,1-4H3,(H,29,31)/t26-/m1/s1. The Hall–Kier alpha value is -3.73. The predicted molar refractivity (Wildman–Crippen MR) is 132 cm³/mol. The number of methoxy groups -OCH3 is 1. The van der Waals surface area contributed by atoms with E-state index in [-0.39, 0.29) is 6.04 Å². The zero-order valence-corrected chi connectivity index (χ0v) is 19.5. The first-order valence-electron chi connectivity index (χ1n) is 11.1. The third kappa shape index (κ3) is 5.37. The molecule has 0 aliphatic carbocycles. The summed E-state index contributed by atoms with van der Waals surface area (Å²) >= 11 is 0. The molecule has 5 nitrogen and oxygen atoms in total. The number of ether oxygens (including phenoxy) is 2. The Labute approximate surface area is 195 Å². The van der Waals surface area contributed by atoms with Crippen molar-refractivity contribution in [3.8, 4) is 5.75 Å². The van der Waals surface area contributed by atoms with Crippen molar-refractivity contribution in [1.29, 1.82) is 0 Å². The molecule has 4 rings (SSSR count). The smallest absolute Gasteiger partial charge is 0.408 e. The Bertz CT molecular complexity index is 1220. The SMILES string of the molecule is COc1ccc([C@@H](NC(=O)OC(C)(C)C)c2cn(Cc3ccccc3)c3ccccc23)cc1. The number of hydrogen-bond donors (Lipinski definition) is 1. The van der Waals surface area contributed by atoms with Crippen LogP contribution in [0.1, 0.15) is 43.5 Å². The number of aromatic nitrogens is 1. The second-order valence-electron chi connectivity index (χ2n) is 9.07. The van der Waals surface area contributed by atoms with Gasteiger partial charge in [-0.15, -0.1) is 0 Å². The van der Waals surface area contributed by atoms with Crippen LogP contribution in [-0.4, -0.2) is 23.4 Å². The van der Waals surface area contributed by atoms with Gasteiger partial charge in [-0.3, -0.25) is 0 Å². The lowest BCUT2D eigenvalue weighted by Crippen LogP contribution is -2.35. The van der Waals surface area contributed by atoms with Crippen LogP contribution in [0.5, 0.6) is 5.75 Å². The molecule has 4 aromatic rings. The average Bonchev–Trinajstić information content (AvgIpc) is 3.15. The van der Waals surface area contributed by atoms with Gasteiger partial charge in [-0.25, -0.2) is 4.79 Å². The molecule has 0 unspecified atom stereocenters. The molecular formula is C28H30N2O3. The van der Waals surface area contributed by atoms with E-state index in [1.54, 1.807) is 7.11 Å². The minimum absolute atomic E-state index is 0.382. The topological polar surface area (TPSA) is 52.5 Å². The van der Waals surface area contributed by atoms with Gasteiger partial charge in [0, 0.05) is 29.2 Å². The molecule has 33 heavy (non-hydrogen) atoms. The number of carbonyl (C=O) groups excluding carboxylic acids is 1. The molecule has 170 valence electrons. The number of amides is 1. The second kappa shape index (κ2) is 9.41. The number of carbonyl (C=O) groups is 1. The number of para-hydroxylation sites is 1. The Morgan fingerprint density at radius 1 is 0.939 bits per heavy atom. The molecule has 1 atom stereocenters. The van der Waals surface area contributed by atoms with E-state index in [4.69, 9.17) is 9.47 Å². The lowest BCUT2D eigenvalue weighted by atomic mass is 9.98. The molecule has 0 bridgehead atoms. The summed E-state index contributed by atoms with van der Waals surface area (Å²) < 4.78 is 13.1. The van der Waals surface area contributed by atoms with E-state index >= 15 is 0 Å². The quantitative estimate of drug-likeness (QED) is 0.381. The summed E-state index contributed by atoms with van der Waals surface area (Å²) in [6, 6.07) is 26.0. The monoisotopic (exact) mass is 442 g/mol. The van der Waals surface area contributed by atoms with Crippen molar-refractivity contribution < 1.29 is 14.3 Å². The van der Waals surface area contributed by atoms with E-state index in [2.05, 4.69) is 40.3 Å². The summed E-state index contributed by atoms with van der Waals surface area (Å²) in [7, 11) is 1.64. The van der Waals surface area contributed by atoms with E-state index < -0.39 is 11.7 Å². The van der Waals surface area contributed by atoms with Crippen LogP contribution in [0.2, 0.25) is 0 Å². The molecule has 1 amide bonds. The van der Waals surface area contributed by atoms with Crippen molar-refractivity contribution in [2.24, 2.45) is 0 Å². The van der Waals surface area contributed by atoms with Crippen molar-refractivity contribution in [2.75, 3.05) is 7.11 Å². The molecule has 0 aliphatic heterocycles. The highest BCUT2D eigenvalue weighted by Gasteiger charge is 2.25. The fraction of sp³-hybridized carbons (Fsp3) is 0.250. The van der Waals surface area contributed by atoms with Crippen LogP contribution in [0, 0.1) is 0 Å². The van der Waals surface area contributed by atoms with Crippen LogP contribution in [0.25, 0.3) is 10.9 Å². The number of nitrogens with zero attached hydrogens (tertiary/aromatic N) is 1. The molecule has 0 aliphatic rings. The van der Waals surface area contributed by atoms with Crippen molar-refractivity contribution >= 4 is 17.0 Å². The fourth-order valence-electron chi connectivity index (χ4n) is 3.98.